The van der Waals surface area contributed by atoms with Crippen molar-refractivity contribution in [3.63, 3.8) is 0 Å². The van der Waals surface area contributed by atoms with Gasteiger partial charge in [-0.2, -0.15) is 0 Å². The van der Waals surface area contributed by atoms with Gasteiger partial charge in [0.25, 0.3) is 5.91 Å². The first-order valence-corrected chi connectivity index (χ1v) is 15.2. The van der Waals surface area contributed by atoms with Crippen LogP contribution in [0.2, 0.25) is 5.02 Å². The Kier molecular flexibility index (Phi) is 13.8. The third kappa shape index (κ3) is 10.6. The van der Waals surface area contributed by atoms with Gasteiger partial charge in [0.15, 0.2) is 0 Å². The molecule has 2 aromatic rings. The average molecular weight is 602 g/mol. The zero-order valence-corrected chi connectivity index (χ0v) is 26.9. The number of para-hydroxylation sites is 1. The number of nitrogens with zero attached hydrogens (tertiary/aromatic N) is 1. The molecule has 0 fully saturated rings. The summed E-state index contributed by atoms with van der Waals surface area (Å²) in [6.07, 6.45) is 5.06. The van der Waals surface area contributed by atoms with Crippen LogP contribution in [0.5, 0.6) is 0 Å². The summed E-state index contributed by atoms with van der Waals surface area (Å²) in [7, 11) is 0. The third-order valence-electron chi connectivity index (χ3n) is 6.96. The number of rotatable bonds is 14. The van der Waals surface area contributed by atoms with E-state index in [2.05, 4.69) is 17.6 Å². The molecule has 0 heterocycles. The summed E-state index contributed by atoms with van der Waals surface area (Å²) >= 11 is 6.46. The van der Waals surface area contributed by atoms with E-state index in [1.807, 2.05) is 45.0 Å². The van der Waals surface area contributed by atoms with Crippen molar-refractivity contribution in [3.8, 4) is 0 Å². The number of aliphatic hydroxyl groups excluding tert-OH is 1. The van der Waals surface area contributed by atoms with Crippen molar-refractivity contribution in [2.75, 3.05) is 18.5 Å². The van der Waals surface area contributed by atoms with Gasteiger partial charge in [-0.15, -0.1) is 0 Å². The van der Waals surface area contributed by atoms with E-state index in [4.69, 9.17) is 16.3 Å². The van der Waals surface area contributed by atoms with Crippen LogP contribution in [0.15, 0.2) is 36.4 Å². The number of unbranched alkanes of at least 4 members (excludes halogenated alkanes) is 5. The lowest BCUT2D eigenvalue weighted by Gasteiger charge is -2.35. The highest BCUT2D eigenvalue weighted by molar-refractivity contribution is 6.34. The Morgan fingerprint density at radius 3 is 2.24 bits per heavy atom. The quantitative estimate of drug-likeness (QED) is 0.202. The van der Waals surface area contributed by atoms with E-state index in [1.54, 1.807) is 32.9 Å². The van der Waals surface area contributed by atoms with Crippen LogP contribution in [0, 0.1) is 20.8 Å². The standard InChI is InChI=1S/C33H48ClN3O5/c1-8-9-10-11-12-13-19-37(31(40)27(21-38)35-32(41)42-33(5,6)7)29(25-18-17-22(2)20-24(25)4)30(39)36-28-23(3)15-14-16-26(28)34/h14-18,20,27,29,38H,8-13,19,21H2,1-7H3,(H,35,41)(H,36,39). The summed E-state index contributed by atoms with van der Waals surface area (Å²) in [6.45, 7) is 12.6. The van der Waals surface area contributed by atoms with Crippen LogP contribution in [-0.4, -0.2) is 52.7 Å². The molecule has 2 unspecified atom stereocenters. The van der Waals surface area contributed by atoms with Crippen LogP contribution in [0.3, 0.4) is 0 Å². The van der Waals surface area contributed by atoms with E-state index in [0.29, 0.717) is 22.7 Å². The first-order valence-electron chi connectivity index (χ1n) is 14.8. The molecule has 232 valence electrons. The van der Waals surface area contributed by atoms with Crippen LogP contribution < -0.4 is 10.6 Å². The predicted molar refractivity (Wildman–Crippen MR) is 169 cm³/mol. The lowest BCUT2D eigenvalue weighted by Crippen LogP contribution is -2.54. The SMILES string of the molecule is CCCCCCCCN(C(=O)C(CO)NC(=O)OC(C)(C)C)C(C(=O)Nc1c(C)cccc1Cl)c1ccc(C)cc1C. The number of ether oxygens (including phenoxy) is 1. The fraction of sp³-hybridized carbons (Fsp3) is 0.545. The number of anilines is 1. The Bertz CT molecular complexity index is 1190. The largest absolute Gasteiger partial charge is 0.444 e. The molecule has 0 aliphatic rings. The van der Waals surface area contributed by atoms with E-state index in [0.717, 1.165) is 48.8 Å². The lowest BCUT2D eigenvalue weighted by atomic mass is 9.96. The molecule has 0 aromatic heterocycles. The van der Waals surface area contributed by atoms with Gasteiger partial charge >= 0.3 is 6.09 Å². The monoisotopic (exact) mass is 601 g/mol. The van der Waals surface area contributed by atoms with Crippen LogP contribution in [-0.2, 0) is 14.3 Å². The normalized spacial score (nSPS) is 12.8. The minimum absolute atomic E-state index is 0.254. The highest BCUT2D eigenvalue weighted by Crippen LogP contribution is 2.31. The number of alkyl carbamates (subject to hydrolysis) is 1. The van der Waals surface area contributed by atoms with Crippen LogP contribution >= 0.6 is 11.6 Å². The van der Waals surface area contributed by atoms with Gasteiger partial charge in [-0.25, -0.2) is 4.79 Å². The molecule has 0 aliphatic carbocycles. The molecule has 0 saturated heterocycles. The maximum atomic E-state index is 14.2. The summed E-state index contributed by atoms with van der Waals surface area (Å²) < 4.78 is 5.34. The van der Waals surface area contributed by atoms with Crippen molar-refractivity contribution in [2.24, 2.45) is 0 Å². The maximum absolute atomic E-state index is 14.2. The van der Waals surface area contributed by atoms with E-state index in [-0.39, 0.29) is 6.54 Å². The van der Waals surface area contributed by atoms with E-state index in [9.17, 15) is 19.5 Å². The molecule has 0 radical (unpaired) electrons. The van der Waals surface area contributed by atoms with E-state index >= 15 is 0 Å². The number of hydrogen-bond donors (Lipinski definition) is 3. The second kappa shape index (κ2) is 16.5. The zero-order chi connectivity index (χ0) is 31.4. The van der Waals surface area contributed by atoms with Crippen molar-refractivity contribution < 1.29 is 24.2 Å². The highest BCUT2D eigenvalue weighted by atomic mass is 35.5. The van der Waals surface area contributed by atoms with Gasteiger partial charge in [0.1, 0.15) is 17.7 Å². The van der Waals surface area contributed by atoms with Gasteiger partial charge < -0.3 is 25.4 Å². The second-order valence-electron chi connectivity index (χ2n) is 11.9. The molecule has 3 amide bonds. The molecule has 2 rings (SSSR count). The number of aryl methyl sites for hydroxylation is 3. The number of carbonyl (C=O) groups is 3. The summed E-state index contributed by atoms with van der Waals surface area (Å²) in [6, 6.07) is 8.72. The molecule has 9 heteroatoms. The number of halogens is 1. The minimum Gasteiger partial charge on any atom is -0.444 e. The molecule has 2 aromatic carbocycles. The smallest absolute Gasteiger partial charge is 0.408 e. The van der Waals surface area contributed by atoms with Crippen molar-refractivity contribution >= 4 is 35.2 Å². The number of amides is 3. The fourth-order valence-corrected chi connectivity index (χ4v) is 5.10. The number of hydrogen-bond acceptors (Lipinski definition) is 5. The molecule has 42 heavy (non-hydrogen) atoms. The topological polar surface area (TPSA) is 108 Å². The second-order valence-corrected chi connectivity index (χ2v) is 12.3. The summed E-state index contributed by atoms with van der Waals surface area (Å²) in [5, 5.41) is 16.1. The lowest BCUT2D eigenvalue weighted by molar-refractivity contribution is -0.141. The molecule has 3 N–H and O–H groups in total. The van der Waals surface area contributed by atoms with E-state index < -0.39 is 42.2 Å². The Hall–Kier alpha value is -3.10. The molecule has 0 bridgehead atoms. The highest BCUT2D eigenvalue weighted by Gasteiger charge is 2.37. The maximum Gasteiger partial charge on any atom is 0.408 e. The summed E-state index contributed by atoms with van der Waals surface area (Å²) in [4.78, 5) is 42.3. The Balaban J connectivity index is 2.54. The van der Waals surface area contributed by atoms with Crippen LogP contribution in [0.1, 0.15) is 94.5 Å². The minimum atomic E-state index is -1.30. The van der Waals surface area contributed by atoms with Gasteiger partial charge in [0.2, 0.25) is 5.91 Å². The Morgan fingerprint density at radius 1 is 0.976 bits per heavy atom. The molecular weight excluding hydrogens is 554 g/mol. The van der Waals surface area contributed by atoms with Crippen molar-refractivity contribution in [3.05, 3.63) is 63.7 Å². The fourth-order valence-electron chi connectivity index (χ4n) is 4.83. The predicted octanol–water partition coefficient (Wildman–Crippen LogP) is 7.02. The summed E-state index contributed by atoms with van der Waals surface area (Å²) in [5.74, 6) is -1.01. The number of carbonyl (C=O) groups excluding carboxylic acids is 3. The molecule has 8 nitrogen and oxygen atoms in total. The van der Waals surface area contributed by atoms with Crippen LogP contribution in [0.4, 0.5) is 10.5 Å². The first-order chi connectivity index (χ1) is 19.8. The van der Waals surface area contributed by atoms with Crippen molar-refractivity contribution in [1.82, 2.24) is 10.2 Å². The summed E-state index contributed by atoms with van der Waals surface area (Å²) in [5.41, 5.74) is 2.97. The van der Waals surface area contributed by atoms with Crippen LogP contribution in [0.25, 0.3) is 0 Å². The number of benzene rings is 2. The van der Waals surface area contributed by atoms with Gasteiger partial charge in [0.05, 0.1) is 17.3 Å². The van der Waals surface area contributed by atoms with Crippen molar-refractivity contribution in [2.45, 2.75) is 105 Å². The average Bonchev–Trinajstić information content (AvgIpc) is 2.90. The van der Waals surface area contributed by atoms with E-state index in [1.165, 1.54) is 4.90 Å². The molecular formula is C33H48ClN3O5. The van der Waals surface area contributed by atoms with Crippen molar-refractivity contribution in [1.29, 1.82) is 0 Å². The third-order valence-corrected chi connectivity index (χ3v) is 7.27. The molecule has 2 atom stereocenters. The van der Waals surface area contributed by atoms with Gasteiger partial charge in [-0.05, 0) is 70.7 Å². The first kappa shape index (κ1) is 35.1. The number of nitrogens with one attached hydrogen (secondary N) is 2. The zero-order valence-electron chi connectivity index (χ0n) is 26.2. The molecule has 0 aliphatic heterocycles. The number of aliphatic hydroxyl groups is 1. The molecule has 0 saturated carbocycles. The Morgan fingerprint density at radius 2 is 1.64 bits per heavy atom. The molecule has 0 spiro atoms. The van der Waals surface area contributed by atoms with Gasteiger partial charge in [-0.3, -0.25) is 9.59 Å². The Labute approximate surface area is 256 Å². The van der Waals surface area contributed by atoms with Gasteiger partial charge in [0, 0.05) is 6.54 Å². The van der Waals surface area contributed by atoms with Gasteiger partial charge in [-0.1, -0.05) is 86.5 Å².